The van der Waals surface area contributed by atoms with Crippen molar-refractivity contribution in [3.05, 3.63) is 68.5 Å². The SMILES string of the molecule is CN(CC(=O)O)c1nc(O)c(C(Cc2ccc(O)cc2C(F)(F)F)=c2ccc3c(c2)C=NN=3)s1. The number of aliphatic carboxylic acids is 1. The number of phenols is 1. The maximum atomic E-state index is 13.7. The van der Waals surface area contributed by atoms with Gasteiger partial charge in [-0.1, -0.05) is 23.5 Å². The lowest BCUT2D eigenvalue weighted by Gasteiger charge is -2.15. The molecule has 12 heteroatoms. The van der Waals surface area contributed by atoms with Gasteiger partial charge in [0.15, 0.2) is 5.13 Å². The molecule has 0 amide bonds. The number of rotatable bonds is 6. The quantitative estimate of drug-likeness (QED) is 0.489. The molecule has 2 aromatic carbocycles. The molecule has 4 rings (SSSR count). The highest BCUT2D eigenvalue weighted by Crippen LogP contribution is 2.39. The number of carbonyl (C=O) groups is 1. The van der Waals surface area contributed by atoms with Crippen LogP contribution in [0.1, 0.15) is 21.6 Å². The Morgan fingerprint density at radius 3 is 2.62 bits per heavy atom. The van der Waals surface area contributed by atoms with Crippen molar-refractivity contribution in [1.29, 1.82) is 0 Å². The molecule has 0 aliphatic carbocycles. The molecule has 0 saturated heterocycles. The Kier molecular flexibility index (Phi) is 6.00. The first-order chi connectivity index (χ1) is 16.0. The topological polar surface area (TPSA) is 119 Å². The molecule has 0 fully saturated rings. The van der Waals surface area contributed by atoms with E-state index in [0.29, 0.717) is 27.8 Å². The number of likely N-dealkylation sites (N-methyl/N-ethyl adjacent to an activating group) is 1. The van der Waals surface area contributed by atoms with Crippen LogP contribution < -0.4 is 15.5 Å². The second-order valence-corrected chi connectivity index (χ2v) is 8.49. The Balaban J connectivity index is 1.91. The Bertz CT molecular complexity index is 1430. The van der Waals surface area contributed by atoms with Crippen LogP contribution in [0, 0.1) is 0 Å². The highest BCUT2D eigenvalue weighted by molar-refractivity contribution is 7.17. The standard InChI is InChI=1S/C22H17F3N4O4S/c1-29(10-18(31)32)21-27-20(33)19(34-21)15(11-3-5-17-13(6-11)9-26-28-17)7-12-2-4-14(30)8-16(12)22(23,24)25/h2-6,8-9,30,33H,7,10H2,1H3,(H,31,32). The highest BCUT2D eigenvalue weighted by Gasteiger charge is 2.34. The largest absolute Gasteiger partial charge is 0.508 e. The number of carboxylic acid groups (broad SMARTS) is 1. The molecule has 2 heterocycles. The summed E-state index contributed by atoms with van der Waals surface area (Å²) in [5.74, 6) is -2.06. The lowest BCUT2D eigenvalue weighted by Crippen LogP contribution is -2.24. The van der Waals surface area contributed by atoms with Crippen molar-refractivity contribution < 1.29 is 33.3 Å². The van der Waals surface area contributed by atoms with E-state index in [2.05, 4.69) is 15.2 Å². The minimum absolute atomic E-state index is 0.118. The van der Waals surface area contributed by atoms with Gasteiger partial charge in [0.25, 0.3) is 0 Å². The van der Waals surface area contributed by atoms with Gasteiger partial charge in [0.05, 0.1) is 22.0 Å². The van der Waals surface area contributed by atoms with Gasteiger partial charge < -0.3 is 20.2 Å². The first-order valence-electron chi connectivity index (χ1n) is 9.79. The molecule has 3 aromatic rings. The fourth-order valence-corrected chi connectivity index (χ4v) is 4.49. The predicted octanol–water partition coefficient (Wildman–Crippen LogP) is 2.50. The second kappa shape index (κ2) is 8.78. The molecule has 1 aromatic heterocycles. The molecule has 0 unspecified atom stereocenters. The minimum atomic E-state index is -4.72. The number of phenolic OH excluding ortho intramolecular Hbond substituents is 1. The summed E-state index contributed by atoms with van der Waals surface area (Å²) in [5.41, 5.74) is -0.129. The lowest BCUT2D eigenvalue weighted by molar-refractivity contribution is -0.138. The van der Waals surface area contributed by atoms with Crippen LogP contribution in [0.5, 0.6) is 11.6 Å². The number of thiazole rings is 1. The van der Waals surface area contributed by atoms with E-state index in [-0.39, 0.29) is 28.5 Å². The van der Waals surface area contributed by atoms with Crippen LogP contribution in [-0.4, -0.2) is 46.1 Å². The fourth-order valence-electron chi connectivity index (χ4n) is 3.51. The van der Waals surface area contributed by atoms with Gasteiger partial charge in [0.1, 0.15) is 12.3 Å². The summed E-state index contributed by atoms with van der Waals surface area (Å²) < 4.78 is 41.1. The molecule has 0 bridgehead atoms. The van der Waals surface area contributed by atoms with E-state index in [4.69, 9.17) is 5.11 Å². The third kappa shape index (κ3) is 4.71. The number of halogens is 3. The molecule has 0 atom stereocenters. The van der Waals surface area contributed by atoms with E-state index in [1.807, 2.05) is 0 Å². The van der Waals surface area contributed by atoms with Gasteiger partial charge in [-0.2, -0.15) is 28.4 Å². The van der Waals surface area contributed by atoms with Crippen LogP contribution in [0.4, 0.5) is 18.3 Å². The number of hydrogen-bond acceptors (Lipinski definition) is 8. The van der Waals surface area contributed by atoms with Gasteiger partial charge in [-0.3, -0.25) is 4.79 Å². The minimum Gasteiger partial charge on any atom is -0.508 e. The average molecular weight is 490 g/mol. The Morgan fingerprint density at radius 2 is 1.91 bits per heavy atom. The van der Waals surface area contributed by atoms with Crippen molar-refractivity contribution in [2.45, 2.75) is 12.6 Å². The highest BCUT2D eigenvalue weighted by atomic mass is 32.1. The molecule has 176 valence electrons. The summed E-state index contributed by atoms with van der Waals surface area (Å²) in [5, 5.41) is 38.3. The van der Waals surface area contributed by atoms with E-state index in [1.54, 1.807) is 18.2 Å². The summed E-state index contributed by atoms with van der Waals surface area (Å²) in [6, 6.07) is 8.00. The van der Waals surface area contributed by atoms with E-state index in [0.717, 1.165) is 17.4 Å². The molecule has 0 radical (unpaired) electrons. The fraction of sp³-hybridized carbons (Fsp3) is 0.182. The maximum absolute atomic E-state index is 13.7. The van der Waals surface area contributed by atoms with Crippen molar-refractivity contribution in [3.8, 4) is 11.6 Å². The van der Waals surface area contributed by atoms with Gasteiger partial charge in [-0.25, -0.2) is 0 Å². The molecular formula is C22H17F3N4O4S. The molecular weight excluding hydrogens is 473 g/mol. The van der Waals surface area contributed by atoms with Crippen LogP contribution in [-0.2, 0) is 17.4 Å². The second-order valence-electron chi connectivity index (χ2n) is 7.51. The van der Waals surface area contributed by atoms with E-state index in [1.165, 1.54) is 24.2 Å². The average Bonchev–Trinajstić information content (AvgIpc) is 3.37. The number of aromatic nitrogens is 1. The number of alkyl halides is 3. The number of carboxylic acids is 1. The lowest BCUT2D eigenvalue weighted by atomic mass is 9.96. The van der Waals surface area contributed by atoms with Crippen molar-refractivity contribution in [2.24, 2.45) is 10.2 Å². The third-order valence-electron chi connectivity index (χ3n) is 5.08. The smallest absolute Gasteiger partial charge is 0.416 e. The van der Waals surface area contributed by atoms with Gasteiger partial charge >= 0.3 is 12.1 Å². The van der Waals surface area contributed by atoms with Crippen LogP contribution in [0.15, 0.2) is 46.6 Å². The zero-order valence-electron chi connectivity index (χ0n) is 17.5. The normalized spacial score (nSPS) is 13.4. The number of nitrogens with zero attached hydrogens (tertiary/aromatic N) is 4. The van der Waals surface area contributed by atoms with Gasteiger partial charge in [0.2, 0.25) is 5.88 Å². The number of fused-ring (bicyclic) bond motifs is 1. The van der Waals surface area contributed by atoms with Crippen LogP contribution in [0.3, 0.4) is 0 Å². The summed E-state index contributed by atoms with van der Waals surface area (Å²) >= 11 is 0.958. The molecule has 34 heavy (non-hydrogen) atoms. The summed E-state index contributed by atoms with van der Waals surface area (Å²) in [4.78, 5) is 16.6. The van der Waals surface area contributed by atoms with Crippen LogP contribution in [0.25, 0.3) is 5.57 Å². The molecule has 8 nitrogen and oxygen atoms in total. The first-order valence-corrected chi connectivity index (χ1v) is 10.6. The number of hydrogen-bond donors (Lipinski definition) is 3. The van der Waals surface area contributed by atoms with E-state index >= 15 is 0 Å². The zero-order valence-corrected chi connectivity index (χ0v) is 18.4. The number of anilines is 1. The summed E-state index contributed by atoms with van der Waals surface area (Å²) in [6.45, 7) is -0.380. The third-order valence-corrected chi connectivity index (χ3v) is 6.29. The molecule has 1 aliphatic heterocycles. The zero-order chi connectivity index (χ0) is 24.6. The van der Waals surface area contributed by atoms with Crippen molar-refractivity contribution in [2.75, 3.05) is 18.5 Å². The molecule has 0 spiro atoms. The Hall–Kier alpha value is -3.93. The van der Waals surface area contributed by atoms with Gasteiger partial charge in [-0.15, -0.1) is 0 Å². The van der Waals surface area contributed by atoms with Crippen LogP contribution in [0.2, 0.25) is 0 Å². The van der Waals surface area contributed by atoms with Crippen molar-refractivity contribution in [1.82, 2.24) is 4.98 Å². The van der Waals surface area contributed by atoms with Crippen molar-refractivity contribution in [3.63, 3.8) is 0 Å². The summed E-state index contributed by atoms with van der Waals surface area (Å²) in [6.07, 6.45) is -3.46. The number of benzene rings is 2. The predicted molar refractivity (Wildman–Crippen MR) is 119 cm³/mol. The summed E-state index contributed by atoms with van der Waals surface area (Å²) in [7, 11) is 1.48. The Labute approximate surface area is 194 Å². The van der Waals surface area contributed by atoms with Gasteiger partial charge in [0, 0.05) is 19.0 Å². The first kappa shape index (κ1) is 23.2. The molecule has 3 N–H and O–H groups in total. The van der Waals surface area contributed by atoms with Crippen molar-refractivity contribution >= 4 is 34.2 Å². The van der Waals surface area contributed by atoms with E-state index in [9.17, 15) is 28.2 Å². The monoisotopic (exact) mass is 490 g/mol. The Morgan fingerprint density at radius 1 is 1.15 bits per heavy atom. The molecule has 0 saturated carbocycles. The maximum Gasteiger partial charge on any atom is 0.416 e. The van der Waals surface area contributed by atoms with Crippen LogP contribution >= 0.6 is 11.3 Å². The molecule has 1 aliphatic rings. The van der Waals surface area contributed by atoms with Gasteiger partial charge in [-0.05, 0) is 40.6 Å². The van der Waals surface area contributed by atoms with E-state index < -0.39 is 29.3 Å². The number of aromatic hydroxyl groups is 2.